The summed E-state index contributed by atoms with van der Waals surface area (Å²) in [6, 6.07) is 10.0. The number of nitrogens with one attached hydrogen (secondary N) is 1. The van der Waals surface area contributed by atoms with Gasteiger partial charge in [0.15, 0.2) is 0 Å². The lowest BCUT2D eigenvalue weighted by molar-refractivity contribution is 0.720. The molecule has 1 aromatic carbocycles. The summed E-state index contributed by atoms with van der Waals surface area (Å²) in [6.45, 7) is 5.50. The molecule has 1 aliphatic heterocycles. The molecule has 1 fully saturated rings. The lowest BCUT2D eigenvalue weighted by Crippen LogP contribution is -2.24. The maximum Gasteiger partial charge on any atom is 0.296 e. The fraction of sp³-hybridized carbons (Fsp3) is 0.316. The SMILES string of the molecule is Cc1nn(-c2ccccc2)c(N2CCCC2)c1/C=N\n1c(=S)[nH]nc(C)c1=O. The number of benzene rings is 1. The van der Waals surface area contributed by atoms with E-state index < -0.39 is 0 Å². The fourth-order valence-corrected chi connectivity index (χ4v) is 3.53. The number of aromatic amines is 1. The Labute approximate surface area is 167 Å². The molecule has 28 heavy (non-hydrogen) atoms. The zero-order valence-corrected chi connectivity index (χ0v) is 16.6. The molecule has 1 saturated heterocycles. The summed E-state index contributed by atoms with van der Waals surface area (Å²) >= 11 is 5.17. The quantitative estimate of drug-likeness (QED) is 0.542. The van der Waals surface area contributed by atoms with Crippen molar-refractivity contribution in [3.05, 3.63) is 62.4 Å². The summed E-state index contributed by atoms with van der Waals surface area (Å²) in [5.74, 6) is 0.985. The molecule has 4 rings (SSSR count). The second-order valence-corrected chi connectivity index (χ2v) is 7.13. The van der Waals surface area contributed by atoms with Gasteiger partial charge in [-0.1, -0.05) is 18.2 Å². The minimum absolute atomic E-state index is 0.155. The molecule has 0 spiro atoms. The molecule has 144 valence electrons. The summed E-state index contributed by atoms with van der Waals surface area (Å²) in [6.07, 6.45) is 3.95. The summed E-state index contributed by atoms with van der Waals surface area (Å²) < 4.78 is 3.26. The van der Waals surface area contributed by atoms with E-state index in [4.69, 9.17) is 17.3 Å². The average molecular weight is 395 g/mol. The van der Waals surface area contributed by atoms with Gasteiger partial charge in [-0.15, -0.1) is 0 Å². The van der Waals surface area contributed by atoms with Crippen molar-refractivity contribution >= 4 is 24.3 Å². The highest BCUT2D eigenvalue weighted by Gasteiger charge is 2.23. The van der Waals surface area contributed by atoms with Gasteiger partial charge < -0.3 is 4.90 Å². The van der Waals surface area contributed by atoms with Gasteiger partial charge in [0.05, 0.1) is 23.2 Å². The van der Waals surface area contributed by atoms with E-state index in [9.17, 15) is 4.79 Å². The predicted molar refractivity (Wildman–Crippen MR) is 111 cm³/mol. The number of anilines is 1. The van der Waals surface area contributed by atoms with Gasteiger partial charge in [0, 0.05) is 13.1 Å². The Morgan fingerprint density at radius 3 is 2.57 bits per heavy atom. The van der Waals surface area contributed by atoms with Crippen LogP contribution in [0.15, 0.2) is 40.2 Å². The van der Waals surface area contributed by atoms with Gasteiger partial charge in [0.25, 0.3) is 5.56 Å². The molecule has 0 saturated carbocycles. The summed E-state index contributed by atoms with van der Waals surface area (Å²) in [4.78, 5) is 14.6. The number of hydrogen-bond acceptors (Lipinski definition) is 6. The first-order valence-electron chi connectivity index (χ1n) is 9.19. The van der Waals surface area contributed by atoms with E-state index in [-0.39, 0.29) is 10.3 Å². The van der Waals surface area contributed by atoms with Crippen molar-refractivity contribution in [1.82, 2.24) is 24.7 Å². The minimum atomic E-state index is -0.337. The Morgan fingerprint density at radius 1 is 1.14 bits per heavy atom. The molecular formula is C19H21N7OS. The maximum atomic E-state index is 12.3. The summed E-state index contributed by atoms with van der Waals surface area (Å²) in [7, 11) is 0. The van der Waals surface area contributed by atoms with Crippen LogP contribution in [0.2, 0.25) is 0 Å². The number of para-hydroxylation sites is 1. The van der Waals surface area contributed by atoms with Gasteiger partial charge >= 0.3 is 0 Å². The molecule has 0 unspecified atom stereocenters. The van der Waals surface area contributed by atoms with Crippen molar-refractivity contribution < 1.29 is 0 Å². The highest BCUT2D eigenvalue weighted by atomic mass is 32.1. The van der Waals surface area contributed by atoms with Crippen LogP contribution < -0.4 is 10.5 Å². The molecule has 0 amide bonds. The van der Waals surface area contributed by atoms with Crippen LogP contribution in [-0.2, 0) is 0 Å². The van der Waals surface area contributed by atoms with Crippen molar-refractivity contribution in [3.8, 4) is 5.69 Å². The second kappa shape index (κ2) is 7.51. The maximum absolute atomic E-state index is 12.3. The van der Waals surface area contributed by atoms with Gasteiger partial charge in [-0.3, -0.25) is 9.89 Å². The topological polar surface area (TPSA) is 84.1 Å². The van der Waals surface area contributed by atoms with Crippen molar-refractivity contribution in [2.45, 2.75) is 26.7 Å². The third-order valence-electron chi connectivity index (χ3n) is 4.80. The van der Waals surface area contributed by atoms with Crippen molar-refractivity contribution in [2.75, 3.05) is 18.0 Å². The van der Waals surface area contributed by atoms with Gasteiger partial charge in [-0.05, 0) is 51.0 Å². The molecule has 0 aliphatic carbocycles. The third-order valence-corrected chi connectivity index (χ3v) is 5.07. The molecule has 1 N–H and O–H groups in total. The number of H-pyrrole nitrogens is 1. The molecule has 9 heteroatoms. The third kappa shape index (κ3) is 3.29. The van der Waals surface area contributed by atoms with Crippen molar-refractivity contribution in [3.63, 3.8) is 0 Å². The van der Waals surface area contributed by atoms with Crippen LogP contribution in [0.4, 0.5) is 5.82 Å². The lowest BCUT2D eigenvalue weighted by atomic mass is 10.2. The molecule has 0 bridgehead atoms. The number of rotatable bonds is 4. The monoisotopic (exact) mass is 395 g/mol. The average Bonchev–Trinajstić information content (AvgIpc) is 3.33. The van der Waals surface area contributed by atoms with Crippen molar-refractivity contribution in [2.24, 2.45) is 5.10 Å². The molecule has 8 nitrogen and oxygen atoms in total. The lowest BCUT2D eigenvalue weighted by Gasteiger charge is -2.20. The first-order valence-corrected chi connectivity index (χ1v) is 9.60. The fourth-order valence-electron chi connectivity index (χ4n) is 3.35. The molecule has 0 radical (unpaired) electrons. The molecule has 2 aromatic heterocycles. The van der Waals surface area contributed by atoms with Crippen LogP contribution in [-0.4, -0.2) is 44.0 Å². The highest BCUT2D eigenvalue weighted by molar-refractivity contribution is 7.71. The molecule has 3 heterocycles. The summed E-state index contributed by atoms with van der Waals surface area (Å²) in [5.41, 5.74) is 2.67. The smallest absolute Gasteiger partial charge is 0.296 e. The summed E-state index contributed by atoms with van der Waals surface area (Å²) in [5, 5.41) is 15.6. The van der Waals surface area contributed by atoms with Crippen LogP contribution in [0.25, 0.3) is 5.69 Å². The highest BCUT2D eigenvalue weighted by Crippen LogP contribution is 2.29. The van der Waals surface area contributed by atoms with Crippen molar-refractivity contribution in [1.29, 1.82) is 0 Å². The van der Waals surface area contributed by atoms with E-state index in [1.807, 2.05) is 41.9 Å². The number of nitrogens with zero attached hydrogens (tertiary/aromatic N) is 6. The van der Waals surface area contributed by atoms with Crippen LogP contribution >= 0.6 is 12.2 Å². The van der Waals surface area contributed by atoms with Gasteiger partial charge in [0.1, 0.15) is 11.5 Å². The zero-order chi connectivity index (χ0) is 19.7. The number of aromatic nitrogens is 5. The molecule has 1 aliphatic rings. The normalized spacial score (nSPS) is 14.3. The second-order valence-electron chi connectivity index (χ2n) is 6.74. The van der Waals surface area contributed by atoms with E-state index in [1.165, 1.54) is 0 Å². The molecular weight excluding hydrogens is 374 g/mol. The van der Waals surface area contributed by atoms with Gasteiger partial charge in [-0.2, -0.15) is 20.0 Å². The van der Waals surface area contributed by atoms with Gasteiger partial charge in [0.2, 0.25) is 4.77 Å². The number of hydrogen-bond donors (Lipinski definition) is 1. The largest absolute Gasteiger partial charge is 0.356 e. The number of aryl methyl sites for hydroxylation is 2. The Bertz CT molecular complexity index is 1140. The molecule has 0 atom stereocenters. The van der Waals surface area contributed by atoms with Gasteiger partial charge in [-0.25, -0.2) is 4.68 Å². The first-order chi connectivity index (χ1) is 13.6. The van der Waals surface area contributed by atoms with E-state index in [2.05, 4.69) is 20.2 Å². The zero-order valence-electron chi connectivity index (χ0n) is 15.8. The Hall–Kier alpha value is -3.07. The van der Waals surface area contributed by atoms with Crippen LogP contribution in [0.1, 0.15) is 29.8 Å². The van der Waals surface area contributed by atoms with E-state index in [0.29, 0.717) is 5.69 Å². The first kappa shape index (κ1) is 18.3. The van der Waals surface area contributed by atoms with Crippen LogP contribution in [0.3, 0.4) is 0 Å². The van der Waals surface area contributed by atoms with E-state index >= 15 is 0 Å². The van der Waals surface area contributed by atoms with Crippen LogP contribution in [0, 0.1) is 18.6 Å². The van der Waals surface area contributed by atoms with Crippen LogP contribution in [0.5, 0.6) is 0 Å². The predicted octanol–water partition coefficient (Wildman–Crippen LogP) is 2.59. The molecule has 3 aromatic rings. The Balaban J connectivity index is 1.86. The Morgan fingerprint density at radius 2 is 1.86 bits per heavy atom. The minimum Gasteiger partial charge on any atom is -0.356 e. The van der Waals surface area contributed by atoms with E-state index in [1.54, 1.807) is 13.1 Å². The standard InChI is InChI=1S/C19H21N7OS/c1-13-16(12-20-26-18(27)14(2)21-22-19(26)28)17(24-10-6-7-11-24)25(23-13)15-8-4-3-5-9-15/h3-5,8-9,12H,6-7,10-11H2,1-2H3,(H,22,28)/b20-12-. The Kier molecular flexibility index (Phi) is 4.91. The van der Waals surface area contributed by atoms with E-state index in [0.717, 1.165) is 53.4 Å².